The Kier molecular flexibility index (Phi) is 4.84. The van der Waals surface area contributed by atoms with Gasteiger partial charge in [0.25, 0.3) is 5.91 Å². The fraction of sp³-hybridized carbons (Fsp3) is 0.273. The summed E-state index contributed by atoms with van der Waals surface area (Å²) in [5.74, 6) is -1.58. The number of benzene rings is 2. The van der Waals surface area contributed by atoms with Crippen molar-refractivity contribution in [1.29, 1.82) is 0 Å². The van der Waals surface area contributed by atoms with Crippen molar-refractivity contribution in [3.8, 4) is 0 Å². The second-order valence-corrected chi connectivity index (χ2v) is 7.29. The van der Waals surface area contributed by atoms with Crippen LogP contribution in [0.3, 0.4) is 0 Å². The number of hydrogen-bond acceptors (Lipinski definition) is 3. The minimum atomic E-state index is -0.970. The van der Waals surface area contributed by atoms with Crippen LogP contribution in [-0.2, 0) is 13.0 Å². The van der Waals surface area contributed by atoms with Crippen molar-refractivity contribution in [2.45, 2.75) is 19.9 Å². The van der Waals surface area contributed by atoms with E-state index in [-0.39, 0.29) is 24.6 Å². The van der Waals surface area contributed by atoms with Gasteiger partial charge in [0.2, 0.25) is 0 Å². The molecule has 6 nitrogen and oxygen atoms in total. The summed E-state index contributed by atoms with van der Waals surface area (Å²) in [6.07, 6.45) is 0.601. The van der Waals surface area contributed by atoms with E-state index in [9.17, 15) is 24.2 Å². The number of hydrogen-bond donors (Lipinski definition) is 2. The van der Waals surface area contributed by atoms with Crippen LogP contribution in [0.1, 0.15) is 37.5 Å². The highest BCUT2D eigenvalue weighted by atomic mass is 19.1. The van der Waals surface area contributed by atoms with Crippen molar-refractivity contribution >= 4 is 22.8 Å². The summed E-state index contributed by atoms with van der Waals surface area (Å²) in [4.78, 5) is 25.8. The molecule has 1 aliphatic rings. The Morgan fingerprint density at radius 1 is 1.21 bits per heavy atom. The molecule has 1 amide bonds. The van der Waals surface area contributed by atoms with Crippen LogP contribution in [0, 0.1) is 12.7 Å². The highest BCUT2D eigenvalue weighted by molar-refractivity contribution is 6.09. The molecule has 7 heteroatoms. The van der Waals surface area contributed by atoms with E-state index in [1.165, 1.54) is 12.1 Å². The second kappa shape index (κ2) is 7.33. The minimum Gasteiger partial charge on any atom is -0.478 e. The first-order valence-corrected chi connectivity index (χ1v) is 9.44. The van der Waals surface area contributed by atoms with Crippen molar-refractivity contribution in [2.75, 3.05) is 19.7 Å². The maximum Gasteiger partial charge on any atom is 0.335 e. The van der Waals surface area contributed by atoms with Crippen LogP contribution in [-0.4, -0.2) is 51.3 Å². The Morgan fingerprint density at radius 3 is 2.69 bits per heavy atom. The fourth-order valence-corrected chi connectivity index (χ4v) is 4.14. The number of aryl methyl sites for hydroxylation is 1. The highest BCUT2D eigenvalue weighted by Gasteiger charge is 2.30. The predicted molar refractivity (Wildman–Crippen MR) is 106 cm³/mol. The molecule has 0 spiro atoms. The first kappa shape index (κ1) is 19.1. The number of aliphatic hydroxyl groups is 1. The Labute approximate surface area is 166 Å². The molecule has 2 heterocycles. The number of nitrogens with zero attached hydrogens (tertiary/aromatic N) is 2. The number of carboxylic acids is 1. The number of halogens is 1. The molecule has 150 valence electrons. The van der Waals surface area contributed by atoms with Gasteiger partial charge >= 0.3 is 5.97 Å². The molecule has 3 aromatic rings. The van der Waals surface area contributed by atoms with Gasteiger partial charge < -0.3 is 19.7 Å². The number of carbonyl (C=O) groups excluding carboxylic acids is 1. The number of carbonyl (C=O) groups is 2. The topological polar surface area (TPSA) is 82.8 Å². The molecule has 1 aliphatic heterocycles. The summed E-state index contributed by atoms with van der Waals surface area (Å²) in [6, 6.07) is 9.60. The summed E-state index contributed by atoms with van der Waals surface area (Å²) < 4.78 is 16.0. The van der Waals surface area contributed by atoms with Crippen LogP contribution >= 0.6 is 0 Å². The van der Waals surface area contributed by atoms with Gasteiger partial charge in [-0.15, -0.1) is 0 Å². The fourth-order valence-electron chi connectivity index (χ4n) is 4.14. The van der Waals surface area contributed by atoms with Crippen molar-refractivity contribution in [2.24, 2.45) is 0 Å². The number of aromatic nitrogens is 1. The molecule has 0 saturated heterocycles. The molecule has 29 heavy (non-hydrogen) atoms. The van der Waals surface area contributed by atoms with Crippen LogP contribution < -0.4 is 0 Å². The molecular formula is C22H21FN2O4. The summed E-state index contributed by atoms with van der Waals surface area (Å²) in [5, 5.41) is 19.0. The number of rotatable bonds is 5. The lowest BCUT2D eigenvalue weighted by molar-refractivity contribution is 0.0691. The zero-order valence-corrected chi connectivity index (χ0v) is 16.0. The van der Waals surface area contributed by atoms with Gasteiger partial charge in [0.15, 0.2) is 0 Å². The van der Waals surface area contributed by atoms with E-state index >= 15 is 0 Å². The van der Waals surface area contributed by atoms with Gasteiger partial charge in [-0.2, -0.15) is 0 Å². The normalized spacial score (nSPS) is 13.8. The van der Waals surface area contributed by atoms with E-state index in [1.807, 2.05) is 10.6 Å². The molecule has 0 radical (unpaired) electrons. The summed E-state index contributed by atoms with van der Waals surface area (Å²) in [6.45, 7) is 2.81. The Bertz CT molecular complexity index is 1140. The van der Waals surface area contributed by atoms with Gasteiger partial charge in [-0.3, -0.25) is 4.79 Å². The lowest BCUT2D eigenvalue weighted by atomic mass is 10.0. The summed E-state index contributed by atoms with van der Waals surface area (Å²) in [5.41, 5.74) is 3.90. The minimum absolute atomic E-state index is 0.122. The molecule has 0 fully saturated rings. The smallest absolute Gasteiger partial charge is 0.335 e. The van der Waals surface area contributed by atoms with Gasteiger partial charge in [-0.25, -0.2) is 9.18 Å². The van der Waals surface area contributed by atoms with E-state index in [1.54, 1.807) is 30.0 Å². The van der Waals surface area contributed by atoms with Gasteiger partial charge in [0.1, 0.15) is 5.82 Å². The largest absolute Gasteiger partial charge is 0.478 e. The van der Waals surface area contributed by atoms with Crippen LogP contribution in [0.2, 0.25) is 0 Å². The average molecular weight is 396 g/mol. The molecule has 1 aromatic heterocycles. The van der Waals surface area contributed by atoms with Crippen molar-refractivity contribution < 1.29 is 24.2 Å². The Balaban J connectivity index is 1.83. The number of β-amino-alcohol motifs (C(OH)–C–C–N with tert-alkyl or cyclic N) is 1. The molecule has 4 rings (SSSR count). The SMILES string of the molecule is Cc1cc(Cn2c3c(c4cc(F)ccc42)C(=O)N(CCO)CC3)ccc1C(=O)O. The van der Waals surface area contributed by atoms with Gasteiger partial charge in [0.05, 0.1) is 17.7 Å². The quantitative estimate of drug-likeness (QED) is 0.695. The Morgan fingerprint density at radius 2 is 2.00 bits per heavy atom. The van der Waals surface area contributed by atoms with E-state index in [0.29, 0.717) is 36.0 Å². The predicted octanol–water partition coefficient (Wildman–Crippen LogP) is 2.83. The zero-order chi connectivity index (χ0) is 20.7. The summed E-state index contributed by atoms with van der Waals surface area (Å²) in [7, 11) is 0. The number of amides is 1. The third-order valence-corrected chi connectivity index (χ3v) is 5.48. The maximum atomic E-state index is 14.0. The average Bonchev–Trinajstić information content (AvgIpc) is 2.97. The number of carboxylic acid groups (broad SMARTS) is 1. The first-order chi connectivity index (χ1) is 13.9. The van der Waals surface area contributed by atoms with Crippen LogP contribution in [0.5, 0.6) is 0 Å². The van der Waals surface area contributed by atoms with Gasteiger partial charge in [-0.1, -0.05) is 12.1 Å². The standard InChI is InChI=1S/C22H21FN2O4/c1-13-10-14(2-4-16(13)22(28)29)12-25-18-5-3-15(23)11-17(18)20-19(25)6-7-24(8-9-26)21(20)27/h2-5,10-11,26H,6-9,12H2,1H3,(H,28,29). The lowest BCUT2D eigenvalue weighted by Gasteiger charge is -2.27. The maximum absolute atomic E-state index is 14.0. The van der Waals surface area contributed by atoms with Gasteiger partial charge in [0, 0.05) is 42.7 Å². The zero-order valence-electron chi connectivity index (χ0n) is 16.0. The first-order valence-electron chi connectivity index (χ1n) is 9.44. The number of aliphatic hydroxyl groups excluding tert-OH is 1. The molecule has 0 atom stereocenters. The van der Waals surface area contributed by atoms with Crippen LogP contribution in [0.25, 0.3) is 10.9 Å². The molecule has 0 aliphatic carbocycles. The van der Waals surface area contributed by atoms with Crippen LogP contribution in [0.4, 0.5) is 4.39 Å². The molecule has 0 saturated carbocycles. The second-order valence-electron chi connectivity index (χ2n) is 7.29. The molecule has 2 N–H and O–H groups in total. The van der Waals surface area contributed by atoms with Gasteiger partial charge in [-0.05, 0) is 42.3 Å². The highest BCUT2D eigenvalue weighted by Crippen LogP contribution is 2.32. The van der Waals surface area contributed by atoms with E-state index < -0.39 is 11.8 Å². The molecule has 0 bridgehead atoms. The van der Waals surface area contributed by atoms with Crippen molar-refractivity contribution in [3.63, 3.8) is 0 Å². The number of aromatic carboxylic acids is 1. The lowest BCUT2D eigenvalue weighted by Crippen LogP contribution is -2.39. The molecule has 0 unspecified atom stereocenters. The monoisotopic (exact) mass is 396 g/mol. The Hall–Kier alpha value is -3.19. The number of fused-ring (bicyclic) bond motifs is 3. The third-order valence-electron chi connectivity index (χ3n) is 5.48. The summed E-state index contributed by atoms with van der Waals surface area (Å²) >= 11 is 0. The third kappa shape index (κ3) is 3.27. The van der Waals surface area contributed by atoms with Crippen molar-refractivity contribution in [3.05, 3.63) is 70.2 Å². The van der Waals surface area contributed by atoms with E-state index in [2.05, 4.69) is 0 Å². The van der Waals surface area contributed by atoms with E-state index in [0.717, 1.165) is 16.8 Å². The molecule has 2 aromatic carbocycles. The van der Waals surface area contributed by atoms with Crippen LogP contribution in [0.15, 0.2) is 36.4 Å². The van der Waals surface area contributed by atoms with Crippen molar-refractivity contribution in [1.82, 2.24) is 9.47 Å². The molecular weight excluding hydrogens is 375 g/mol. The van der Waals surface area contributed by atoms with E-state index in [4.69, 9.17) is 0 Å².